The van der Waals surface area contributed by atoms with E-state index in [0.29, 0.717) is 6.54 Å². The summed E-state index contributed by atoms with van der Waals surface area (Å²) in [6.07, 6.45) is 0.819. The number of benzene rings is 2. The van der Waals surface area contributed by atoms with Crippen LogP contribution in [0, 0.1) is 0 Å². The highest BCUT2D eigenvalue weighted by Gasteiger charge is 2.03. The molecule has 0 aliphatic carbocycles. The van der Waals surface area contributed by atoms with E-state index >= 15 is 0 Å². The van der Waals surface area contributed by atoms with Crippen LogP contribution in [-0.2, 0) is 6.42 Å². The number of halogens is 1. The maximum Gasteiger partial charge on any atom is 0.280 e. The Morgan fingerprint density at radius 1 is 1.33 bits per heavy atom. The SMILES string of the molecule is COc1ccc2cccc(CCNC(=O)I)c2c1. The fourth-order valence-corrected chi connectivity index (χ4v) is 2.23. The van der Waals surface area contributed by atoms with Crippen molar-refractivity contribution < 1.29 is 9.53 Å². The molecule has 0 fully saturated rings. The molecule has 3 nitrogen and oxygen atoms in total. The van der Waals surface area contributed by atoms with Crippen LogP contribution in [0.4, 0.5) is 4.79 Å². The Bertz CT molecular complexity index is 569. The maximum absolute atomic E-state index is 10.9. The smallest absolute Gasteiger partial charge is 0.280 e. The molecule has 2 rings (SSSR count). The lowest BCUT2D eigenvalue weighted by Crippen LogP contribution is -2.18. The number of hydrogen-bond acceptors (Lipinski definition) is 2. The van der Waals surface area contributed by atoms with Gasteiger partial charge in [-0.25, -0.2) is 0 Å². The topological polar surface area (TPSA) is 38.3 Å². The minimum atomic E-state index is -0.0228. The van der Waals surface area contributed by atoms with Gasteiger partial charge >= 0.3 is 0 Å². The second-order valence-corrected chi connectivity index (χ2v) is 4.93. The molecule has 0 heterocycles. The minimum absolute atomic E-state index is 0.0228. The summed E-state index contributed by atoms with van der Waals surface area (Å²) in [6, 6.07) is 12.2. The summed E-state index contributed by atoms with van der Waals surface area (Å²) in [5.74, 6) is 0.855. The fraction of sp³-hybridized carbons (Fsp3) is 0.214. The number of nitrogens with one attached hydrogen (secondary N) is 1. The van der Waals surface area contributed by atoms with E-state index in [1.807, 2.05) is 18.2 Å². The molecule has 0 saturated carbocycles. The molecule has 0 spiro atoms. The monoisotopic (exact) mass is 355 g/mol. The van der Waals surface area contributed by atoms with Gasteiger partial charge in [0.2, 0.25) is 0 Å². The van der Waals surface area contributed by atoms with Crippen LogP contribution in [0.2, 0.25) is 0 Å². The van der Waals surface area contributed by atoms with Crippen LogP contribution in [-0.4, -0.2) is 17.6 Å². The highest BCUT2D eigenvalue weighted by Crippen LogP contribution is 2.24. The van der Waals surface area contributed by atoms with Crippen LogP contribution < -0.4 is 10.1 Å². The second-order valence-electron chi connectivity index (χ2n) is 3.95. The van der Waals surface area contributed by atoms with Crippen molar-refractivity contribution in [2.75, 3.05) is 13.7 Å². The van der Waals surface area contributed by atoms with Crippen molar-refractivity contribution in [2.24, 2.45) is 0 Å². The van der Waals surface area contributed by atoms with E-state index < -0.39 is 0 Å². The quantitative estimate of drug-likeness (QED) is 0.518. The summed E-state index contributed by atoms with van der Waals surface area (Å²) < 4.78 is 5.23. The lowest BCUT2D eigenvalue weighted by Gasteiger charge is -2.08. The number of ether oxygens (including phenoxy) is 1. The average Bonchev–Trinajstić information content (AvgIpc) is 2.38. The summed E-state index contributed by atoms with van der Waals surface area (Å²) in [7, 11) is 1.67. The van der Waals surface area contributed by atoms with Crippen LogP contribution >= 0.6 is 22.6 Å². The Balaban J connectivity index is 2.28. The van der Waals surface area contributed by atoms with Crippen LogP contribution in [0.15, 0.2) is 36.4 Å². The summed E-state index contributed by atoms with van der Waals surface area (Å²) in [5.41, 5.74) is 1.22. The van der Waals surface area contributed by atoms with Crippen molar-refractivity contribution in [1.29, 1.82) is 0 Å². The number of carbonyl (C=O) groups excluding carboxylic acids is 1. The Morgan fingerprint density at radius 3 is 2.89 bits per heavy atom. The number of carbonyl (C=O) groups is 1. The van der Waals surface area contributed by atoms with Gasteiger partial charge in [0.25, 0.3) is 3.91 Å². The highest BCUT2D eigenvalue weighted by atomic mass is 127. The number of fused-ring (bicyclic) bond motifs is 1. The van der Waals surface area contributed by atoms with Crippen molar-refractivity contribution in [3.63, 3.8) is 0 Å². The highest BCUT2D eigenvalue weighted by molar-refractivity contribution is 14.1. The third kappa shape index (κ3) is 3.13. The van der Waals surface area contributed by atoms with Gasteiger partial charge in [-0.2, -0.15) is 0 Å². The van der Waals surface area contributed by atoms with Crippen molar-refractivity contribution in [1.82, 2.24) is 5.32 Å². The largest absolute Gasteiger partial charge is 0.497 e. The van der Waals surface area contributed by atoms with Gasteiger partial charge in [-0.1, -0.05) is 24.3 Å². The van der Waals surface area contributed by atoms with E-state index in [9.17, 15) is 4.79 Å². The van der Waals surface area contributed by atoms with Crippen LogP contribution in [0.25, 0.3) is 10.8 Å². The molecule has 0 aliphatic rings. The number of methoxy groups -OCH3 is 1. The molecule has 0 aliphatic heterocycles. The lowest BCUT2D eigenvalue weighted by atomic mass is 10.0. The summed E-state index contributed by atoms with van der Waals surface area (Å²) in [4.78, 5) is 10.9. The molecule has 2 aromatic rings. The Hall–Kier alpha value is -1.30. The zero-order valence-electron chi connectivity index (χ0n) is 10.1. The molecule has 0 bridgehead atoms. The van der Waals surface area contributed by atoms with Gasteiger partial charge in [0.05, 0.1) is 7.11 Å². The van der Waals surface area contributed by atoms with Crippen LogP contribution in [0.5, 0.6) is 5.75 Å². The summed E-state index contributed by atoms with van der Waals surface area (Å²) in [5, 5.41) is 5.17. The Kier molecular flexibility index (Phi) is 4.41. The third-order valence-corrected chi connectivity index (χ3v) is 3.22. The van der Waals surface area contributed by atoms with Gasteiger partial charge in [-0.05, 0) is 34.9 Å². The maximum atomic E-state index is 10.9. The first-order valence-electron chi connectivity index (χ1n) is 5.69. The molecule has 18 heavy (non-hydrogen) atoms. The van der Waals surface area contributed by atoms with Crippen molar-refractivity contribution in [2.45, 2.75) is 6.42 Å². The standard InChI is InChI=1S/C14H14INO2/c1-18-12-6-5-10-3-2-4-11(13(10)9-12)7-8-16-14(15)17/h2-6,9H,7-8H2,1H3,(H,16,17). The number of amides is 1. The van der Waals surface area contributed by atoms with Crippen LogP contribution in [0.1, 0.15) is 5.56 Å². The van der Waals surface area contributed by atoms with Crippen LogP contribution in [0.3, 0.4) is 0 Å². The van der Waals surface area contributed by atoms with E-state index in [1.165, 1.54) is 16.3 Å². The molecule has 1 amide bonds. The van der Waals surface area contributed by atoms with E-state index in [0.717, 1.165) is 12.2 Å². The molecular formula is C14H14INO2. The molecule has 4 heteroatoms. The first kappa shape index (κ1) is 13.1. The molecular weight excluding hydrogens is 341 g/mol. The number of hydrogen-bond donors (Lipinski definition) is 1. The number of rotatable bonds is 4. The molecule has 94 valence electrons. The molecule has 2 aromatic carbocycles. The molecule has 1 N–H and O–H groups in total. The van der Waals surface area contributed by atoms with E-state index in [1.54, 1.807) is 29.7 Å². The van der Waals surface area contributed by atoms with E-state index in [4.69, 9.17) is 4.74 Å². The zero-order valence-corrected chi connectivity index (χ0v) is 12.2. The van der Waals surface area contributed by atoms with Crippen molar-refractivity contribution in [3.05, 3.63) is 42.0 Å². The molecule has 0 unspecified atom stereocenters. The van der Waals surface area contributed by atoms with E-state index in [-0.39, 0.29) is 3.91 Å². The van der Waals surface area contributed by atoms with E-state index in [2.05, 4.69) is 23.5 Å². The second kappa shape index (κ2) is 6.04. The average molecular weight is 355 g/mol. The predicted octanol–water partition coefficient (Wildman–Crippen LogP) is 3.54. The molecule has 0 radical (unpaired) electrons. The Labute approximate surface area is 120 Å². The van der Waals surface area contributed by atoms with Gasteiger partial charge < -0.3 is 10.1 Å². The lowest BCUT2D eigenvalue weighted by molar-refractivity contribution is 0.263. The van der Waals surface area contributed by atoms with Gasteiger partial charge in [0, 0.05) is 29.1 Å². The van der Waals surface area contributed by atoms with Gasteiger partial charge in [0.15, 0.2) is 0 Å². The van der Waals surface area contributed by atoms with Gasteiger partial charge in [-0.15, -0.1) is 0 Å². The first-order valence-corrected chi connectivity index (χ1v) is 6.77. The predicted molar refractivity (Wildman–Crippen MR) is 81.6 cm³/mol. The van der Waals surface area contributed by atoms with Gasteiger partial charge in [0.1, 0.15) is 5.75 Å². The van der Waals surface area contributed by atoms with Gasteiger partial charge in [-0.3, -0.25) is 4.79 Å². The molecule has 0 aromatic heterocycles. The first-order chi connectivity index (χ1) is 8.70. The fourth-order valence-electron chi connectivity index (χ4n) is 1.96. The normalized spacial score (nSPS) is 10.3. The minimum Gasteiger partial charge on any atom is -0.497 e. The molecule has 0 saturated heterocycles. The molecule has 0 atom stereocenters. The summed E-state index contributed by atoms with van der Waals surface area (Å²) in [6.45, 7) is 0.651. The third-order valence-electron chi connectivity index (χ3n) is 2.84. The zero-order chi connectivity index (χ0) is 13.0. The van der Waals surface area contributed by atoms with Crippen molar-refractivity contribution in [3.8, 4) is 5.75 Å². The Morgan fingerprint density at radius 2 is 2.17 bits per heavy atom. The summed E-state index contributed by atoms with van der Waals surface area (Å²) >= 11 is 1.74. The van der Waals surface area contributed by atoms with Crippen molar-refractivity contribution >= 4 is 37.3 Å².